The Kier molecular flexibility index (Phi) is 10.7. The van der Waals surface area contributed by atoms with Crippen molar-refractivity contribution in [3.05, 3.63) is 40.6 Å². The van der Waals surface area contributed by atoms with Crippen LogP contribution in [-0.2, 0) is 33.3 Å². The molecular formula is C31H34O19. The van der Waals surface area contributed by atoms with Crippen molar-refractivity contribution in [1.29, 1.82) is 0 Å². The molecule has 2 aromatic carbocycles. The number of carbonyl (C=O) groups excluding carboxylic acids is 2. The highest BCUT2D eigenvalue weighted by molar-refractivity contribution is 5.91. The van der Waals surface area contributed by atoms with Gasteiger partial charge in [0.1, 0.15) is 60.1 Å². The third-order valence-corrected chi connectivity index (χ3v) is 7.93. The molecule has 19 nitrogen and oxygen atoms in total. The molecule has 2 saturated heterocycles. The van der Waals surface area contributed by atoms with Crippen molar-refractivity contribution in [3.63, 3.8) is 0 Å². The van der Waals surface area contributed by atoms with Gasteiger partial charge in [-0.05, 0) is 18.2 Å². The number of rotatable bonds is 9. The minimum absolute atomic E-state index is 0.0861. The van der Waals surface area contributed by atoms with E-state index in [9.17, 15) is 60.3 Å². The Balaban J connectivity index is 1.55. The second-order valence-electron chi connectivity index (χ2n) is 11.5. The second kappa shape index (κ2) is 14.6. The Bertz CT molecular complexity index is 1790. The van der Waals surface area contributed by atoms with Crippen molar-refractivity contribution < 1.29 is 88.4 Å². The number of aliphatic hydroxyl groups is 5. The molecule has 0 radical (unpaired) electrons. The van der Waals surface area contributed by atoms with Gasteiger partial charge in [0.25, 0.3) is 0 Å². The van der Waals surface area contributed by atoms with E-state index in [1.807, 2.05) is 0 Å². The summed E-state index contributed by atoms with van der Waals surface area (Å²) in [6.45, 7) is 0.578. The molecule has 10 atom stereocenters. The van der Waals surface area contributed by atoms with E-state index in [-0.39, 0.29) is 11.3 Å². The van der Waals surface area contributed by atoms with Crippen molar-refractivity contribution in [3.8, 4) is 40.1 Å². The number of ether oxygens (including phenoxy) is 6. The van der Waals surface area contributed by atoms with E-state index in [0.29, 0.717) is 0 Å². The van der Waals surface area contributed by atoms with Crippen LogP contribution in [0.5, 0.6) is 28.7 Å². The molecule has 2 fully saturated rings. The lowest BCUT2D eigenvalue weighted by atomic mass is 9.97. The number of hydrogen-bond acceptors (Lipinski definition) is 19. The van der Waals surface area contributed by atoms with Crippen LogP contribution in [0, 0.1) is 0 Å². The Morgan fingerprint density at radius 1 is 0.780 bits per heavy atom. The molecule has 50 heavy (non-hydrogen) atoms. The number of aliphatic hydroxyl groups excluding tert-OH is 5. The lowest BCUT2D eigenvalue weighted by Gasteiger charge is -2.46. The van der Waals surface area contributed by atoms with Crippen LogP contribution in [0.3, 0.4) is 0 Å². The van der Waals surface area contributed by atoms with Crippen molar-refractivity contribution in [2.45, 2.75) is 75.3 Å². The maximum Gasteiger partial charge on any atom is 0.303 e. The van der Waals surface area contributed by atoms with Crippen molar-refractivity contribution in [1.82, 2.24) is 0 Å². The number of carbonyl (C=O) groups is 2. The summed E-state index contributed by atoms with van der Waals surface area (Å²) in [5, 5.41) is 93.6. The first-order chi connectivity index (χ1) is 23.6. The van der Waals surface area contributed by atoms with E-state index in [1.165, 1.54) is 6.07 Å². The third-order valence-electron chi connectivity index (χ3n) is 7.93. The van der Waals surface area contributed by atoms with Crippen molar-refractivity contribution in [2.75, 3.05) is 13.2 Å². The highest BCUT2D eigenvalue weighted by atomic mass is 16.8. The molecule has 1 aromatic heterocycles. The molecule has 0 bridgehead atoms. The molecule has 0 amide bonds. The maximum absolute atomic E-state index is 13.0. The predicted octanol–water partition coefficient (Wildman–Crippen LogP) is -1.57. The molecule has 3 aromatic rings. The number of phenols is 4. The fourth-order valence-corrected chi connectivity index (χ4v) is 5.44. The van der Waals surface area contributed by atoms with Crippen molar-refractivity contribution in [2.24, 2.45) is 0 Å². The summed E-state index contributed by atoms with van der Waals surface area (Å²) in [6.07, 6.45) is -18.0. The zero-order valence-electron chi connectivity index (χ0n) is 26.2. The first kappa shape index (κ1) is 36.5. The average Bonchev–Trinajstić information content (AvgIpc) is 3.06. The fourth-order valence-electron chi connectivity index (χ4n) is 5.44. The van der Waals surface area contributed by atoms with Crippen LogP contribution >= 0.6 is 0 Å². The summed E-state index contributed by atoms with van der Waals surface area (Å²) in [4.78, 5) is 36.4. The highest BCUT2D eigenvalue weighted by Gasteiger charge is 2.53. The van der Waals surface area contributed by atoms with E-state index >= 15 is 0 Å². The summed E-state index contributed by atoms with van der Waals surface area (Å²) in [6, 6.07) is 5.22. The van der Waals surface area contributed by atoms with Crippen molar-refractivity contribution >= 4 is 22.9 Å². The van der Waals surface area contributed by atoms with Crippen LogP contribution in [-0.4, -0.2) is 133 Å². The van der Waals surface area contributed by atoms with Gasteiger partial charge in [0, 0.05) is 31.5 Å². The number of fused-ring (bicyclic) bond motifs is 1. The average molecular weight is 711 g/mol. The SMILES string of the molecule is CC(=O)OC[C@@H]1O[C@@H](O[C@H]2[C@H](Oc3cc(O)c4c(=O)cc(-c5ccc(O)c(O)c5)oc4c3O)O[C@H](CO)[C@H](O)[C@@H]2OC(C)=O)[C@@H](O)[C@@H](O)[C@H]1O. The van der Waals surface area contributed by atoms with E-state index in [2.05, 4.69) is 0 Å². The second-order valence-corrected chi connectivity index (χ2v) is 11.5. The molecule has 5 rings (SSSR count). The smallest absolute Gasteiger partial charge is 0.303 e. The standard InChI is InChI=1S/C31H34O19/c1-10(33)44-9-20-22(39)25(42)26(43)30(49-20)50-29-28(45-11(2)34)24(41)19(8-32)48-31(29)47-18-7-16(38)21-15(37)6-17(46-27(21)23(18)40)12-3-4-13(35)14(36)5-12/h3-7,19-20,22,24-26,28-32,35-36,38-43H,8-9H2,1-2H3/t19-,20+,22+,24+,25+,26+,28+,29-,30+,31-/m1/s1. The largest absolute Gasteiger partial charge is 0.507 e. The zero-order chi connectivity index (χ0) is 36.6. The van der Waals surface area contributed by atoms with Gasteiger partial charge in [-0.3, -0.25) is 14.4 Å². The molecule has 9 N–H and O–H groups in total. The van der Waals surface area contributed by atoms with Gasteiger partial charge in [-0.2, -0.15) is 0 Å². The van der Waals surface area contributed by atoms with Gasteiger partial charge in [0.05, 0.1) is 6.61 Å². The van der Waals surface area contributed by atoms with Gasteiger partial charge < -0.3 is 78.8 Å². The predicted molar refractivity (Wildman–Crippen MR) is 161 cm³/mol. The van der Waals surface area contributed by atoms with Crippen LogP contribution in [0.2, 0.25) is 0 Å². The van der Waals surface area contributed by atoms with Crippen LogP contribution in [0.1, 0.15) is 13.8 Å². The van der Waals surface area contributed by atoms with E-state index in [4.69, 9.17) is 32.8 Å². The quantitative estimate of drug-likeness (QED) is 0.0688. The summed E-state index contributed by atoms with van der Waals surface area (Å²) in [7, 11) is 0. The van der Waals surface area contributed by atoms with Crippen LogP contribution in [0.25, 0.3) is 22.3 Å². The molecule has 2 aliphatic heterocycles. The van der Waals surface area contributed by atoms with Crippen LogP contribution < -0.4 is 10.2 Å². The molecule has 2 aliphatic rings. The first-order valence-electron chi connectivity index (χ1n) is 14.9. The van der Waals surface area contributed by atoms with Gasteiger partial charge in [0.2, 0.25) is 12.0 Å². The molecule has 0 unspecified atom stereocenters. The highest BCUT2D eigenvalue weighted by Crippen LogP contribution is 2.43. The molecule has 0 saturated carbocycles. The summed E-state index contributed by atoms with van der Waals surface area (Å²) >= 11 is 0. The molecule has 0 aliphatic carbocycles. The Morgan fingerprint density at radius 2 is 1.48 bits per heavy atom. The topological polar surface area (TPSA) is 302 Å². The Hall–Kier alpha value is -4.73. The van der Waals surface area contributed by atoms with E-state index < -0.39 is 132 Å². The van der Waals surface area contributed by atoms with E-state index in [1.54, 1.807) is 0 Å². The lowest BCUT2D eigenvalue weighted by molar-refractivity contribution is -0.358. The fraction of sp³-hybridized carbons (Fsp3) is 0.452. The monoisotopic (exact) mass is 710 g/mol. The van der Waals surface area contributed by atoms with Gasteiger partial charge >= 0.3 is 11.9 Å². The summed E-state index contributed by atoms with van der Waals surface area (Å²) in [5.41, 5.74) is -1.37. The minimum Gasteiger partial charge on any atom is -0.507 e. The van der Waals surface area contributed by atoms with Gasteiger partial charge in [-0.1, -0.05) is 0 Å². The van der Waals surface area contributed by atoms with Crippen LogP contribution in [0.4, 0.5) is 0 Å². The number of esters is 2. The van der Waals surface area contributed by atoms with Gasteiger partial charge in [0.15, 0.2) is 46.8 Å². The summed E-state index contributed by atoms with van der Waals surface area (Å²) < 4.78 is 38.6. The Morgan fingerprint density at radius 3 is 2.12 bits per heavy atom. The lowest BCUT2D eigenvalue weighted by Crippen LogP contribution is -2.65. The third kappa shape index (κ3) is 7.25. The minimum atomic E-state index is -2.00. The molecule has 19 heteroatoms. The van der Waals surface area contributed by atoms with Gasteiger partial charge in [-0.15, -0.1) is 0 Å². The summed E-state index contributed by atoms with van der Waals surface area (Å²) in [5.74, 6) is -5.26. The molecule has 272 valence electrons. The molecule has 3 heterocycles. The van der Waals surface area contributed by atoms with Gasteiger partial charge in [-0.25, -0.2) is 0 Å². The number of aromatic hydroxyl groups is 4. The number of hydrogen-bond donors (Lipinski definition) is 9. The van der Waals surface area contributed by atoms with Crippen LogP contribution in [0.15, 0.2) is 39.5 Å². The normalized spacial score (nSPS) is 29.7. The Labute approximate surface area is 280 Å². The number of benzene rings is 2. The zero-order valence-corrected chi connectivity index (χ0v) is 26.2. The molecule has 0 spiro atoms. The maximum atomic E-state index is 13.0. The number of phenolic OH excluding ortho intramolecular Hbond substituents is 4. The van der Waals surface area contributed by atoms with E-state index in [0.717, 1.165) is 38.1 Å². The molecular weight excluding hydrogens is 676 g/mol. The first-order valence-corrected chi connectivity index (χ1v) is 14.9.